The first-order valence-electron chi connectivity index (χ1n) is 9.15. The third-order valence-corrected chi connectivity index (χ3v) is 4.77. The predicted octanol–water partition coefficient (Wildman–Crippen LogP) is 4.53. The molecule has 3 aromatic rings. The van der Waals surface area contributed by atoms with Gasteiger partial charge < -0.3 is 14.8 Å². The maximum atomic E-state index is 13.7. The monoisotopic (exact) mass is 453 g/mol. The highest BCUT2D eigenvalue weighted by atomic mass is 35.5. The maximum Gasteiger partial charge on any atom is 0.434 e. The van der Waals surface area contributed by atoms with Crippen molar-refractivity contribution in [3.05, 3.63) is 70.5 Å². The molecule has 0 atom stereocenters. The number of aromatic nitrogens is 2. The van der Waals surface area contributed by atoms with Crippen molar-refractivity contribution in [1.82, 2.24) is 15.1 Å². The lowest BCUT2D eigenvalue weighted by molar-refractivity contribution is -0.143. The Morgan fingerprint density at radius 3 is 2.45 bits per heavy atom. The second kappa shape index (κ2) is 9.30. The molecular formula is C21H19ClF3N3O3. The van der Waals surface area contributed by atoms with Crippen molar-refractivity contribution in [3.63, 3.8) is 0 Å². The molecule has 0 radical (unpaired) electrons. The fourth-order valence-corrected chi connectivity index (χ4v) is 3.17. The van der Waals surface area contributed by atoms with E-state index in [1.165, 1.54) is 38.5 Å². The van der Waals surface area contributed by atoms with Gasteiger partial charge >= 0.3 is 6.18 Å². The summed E-state index contributed by atoms with van der Waals surface area (Å²) in [6, 6.07) is 10.9. The summed E-state index contributed by atoms with van der Waals surface area (Å²) >= 11 is 5.80. The molecule has 1 heterocycles. The molecule has 0 aliphatic carbocycles. The highest BCUT2D eigenvalue weighted by Gasteiger charge is 2.40. The Hall–Kier alpha value is -3.20. The van der Waals surface area contributed by atoms with Crippen LogP contribution in [0.4, 0.5) is 13.2 Å². The third kappa shape index (κ3) is 5.11. The van der Waals surface area contributed by atoms with Crippen LogP contribution in [0.15, 0.2) is 48.7 Å². The largest absolute Gasteiger partial charge is 0.497 e. The minimum atomic E-state index is -4.79. The molecular weight excluding hydrogens is 435 g/mol. The van der Waals surface area contributed by atoms with Crippen molar-refractivity contribution in [2.24, 2.45) is 0 Å². The van der Waals surface area contributed by atoms with Gasteiger partial charge in [0.15, 0.2) is 5.69 Å². The topological polar surface area (TPSA) is 65.4 Å². The number of benzene rings is 2. The zero-order valence-electron chi connectivity index (χ0n) is 16.7. The lowest BCUT2D eigenvalue weighted by atomic mass is 10.1. The van der Waals surface area contributed by atoms with Crippen LogP contribution in [-0.2, 0) is 12.6 Å². The van der Waals surface area contributed by atoms with E-state index < -0.39 is 23.3 Å². The summed E-state index contributed by atoms with van der Waals surface area (Å²) in [6.07, 6.45) is -3.56. The number of carbonyl (C=O) groups excluding carboxylic acids is 1. The molecule has 2 aromatic carbocycles. The molecule has 0 aliphatic heterocycles. The molecule has 3 rings (SSSR count). The zero-order valence-corrected chi connectivity index (χ0v) is 17.4. The van der Waals surface area contributed by atoms with Crippen LogP contribution in [-0.4, -0.2) is 36.5 Å². The van der Waals surface area contributed by atoms with Gasteiger partial charge in [-0.3, -0.25) is 4.79 Å². The number of ether oxygens (including phenoxy) is 2. The van der Waals surface area contributed by atoms with Gasteiger partial charge in [-0.05, 0) is 54.4 Å². The Kier molecular flexibility index (Phi) is 6.74. The zero-order chi connectivity index (χ0) is 22.6. The fraction of sp³-hybridized carbons (Fsp3) is 0.238. The van der Waals surface area contributed by atoms with Gasteiger partial charge in [0.25, 0.3) is 5.91 Å². The standard InChI is InChI=1S/C21H19ClF3N3O3/c1-30-16-7-8-18(31-2)13(11-16)9-10-26-20(29)17-12-27-28(19(17)21(23,24)25)15-5-3-14(22)4-6-15/h3-8,11-12H,9-10H2,1-2H3,(H,26,29). The van der Waals surface area contributed by atoms with Gasteiger partial charge in [-0.1, -0.05) is 11.6 Å². The third-order valence-electron chi connectivity index (χ3n) is 4.52. The summed E-state index contributed by atoms with van der Waals surface area (Å²) in [5.74, 6) is 0.307. The average Bonchev–Trinajstić information content (AvgIpc) is 3.20. The van der Waals surface area contributed by atoms with E-state index in [1.54, 1.807) is 18.2 Å². The molecule has 1 N–H and O–H groups in total. The number of hydrogen-bond acceptors (Lipinski definition) is 4. The Labute approximate surface area is 181 Å². The van der Waals surface area contributed by atoms with E-state index in [2.05, 4.69) is 10.4 Å². The maximum absolute atomic E-state index is 13.7. The van der Waals surface area contributed by atoms with E-state index in [0.29, 0.717) is 27.6 Å². The molecule has 0 spiro atoms. The smallest absolute Gasteiger partial charge is 0.434 e. The molecule has 0 aliphatic rings. The highest BCUT2D eigenvalue weighted by molar-refractivity contribution is 6.30. The van der Waals surface area contributed by atoms with Crippen LogP contribution in [0.25, 0.3) is 5.69 Å². The first-order valence-corrected chi connectivity index (χ1v) is 9.52. The summed E-state index contributed by atoms with van der Waals surface area (Å²) in [4.78, 5) is 12.5. The van der Waals surface area contributed by atoms with Crippen molar-refractivity contribution < 1.29 is 27.4 Å². The number of rotatable bonds is 7. The summed E-state index contributed by atoms with van der Waals surface area (Å²) < 4.78 is 52.3. The van der Waals surface area contributed by atoms with Gasteiger partial charge in [-0.2, -0.15) is 18.3 Å². The first-order chi connectivity index (χ1) is 14.7. The van der Waals surface area contributed by atoms with E-state index in [4.69, 9.17) is 21.1 Å². The van der Waals surface area contributed by atoms with Crippen LogP contribution >= 0.6 is 11.6 Å². The number of nitrogens with one attached hydrogen (secondary N) is 1. The Morgan fingerprint density at radius 2 is 1.84 bits per heavy atom. The molecule has 0 fully saturated rings. The number of nitrogens with zero attached hydrogens (tertiary/aromatic N) is 2. The second-order valence-electron chi connectivity index (χ2n) is 6.48. The molecule has 6 nitrogen and oxygen atoms in total. The first kappa shape index (κ1) is 22.5. The molecule has 0 bridgehead atoms. The normalized spacial score (nSPS) is 11.3. The van der Waals surface area contributed by atoms with Crippen LogP contribution in [0.1, 0.15) is 21.6 Å². The molecule has 0 saturated carbocycles. The molecule has 10 heteroatoms. The van der Waals surface area contributed by atoms with Gasteiger partial charge in [-0.25, -0.2) is 4.68 Å². The van der Waals surface area contributed by atoms with Crippen LogP contribution < -0.4 is 14.8 Å². The predicted molar refractivity (Wildman–Crippen MR) is 109 cm³/mol. The van der Waals surface area contributed by atoms with Gasteiger partial charge in [0.2, 0.25) is 0 Å². The van der Waals surface area contributed by atoms with Crippen molar-refractivity contribution in [3.8, 4) is 17.2 Å². The Bertz CT molecular complexity index is 1070. The number of halogens is 4. The lowest BCUT2D eigenvalue weighted by Gasteiger charge is -2.13. The van der Waals surface area contributed by atoms with E-state index in [9.17, 15) is 18.0 Å². The number of hydrogen-bond donors (Lipinski definition) is 1. The summed E-state index contributed by atoms with van der Waals surface area (Å²) in [7, 11) is 3.02. The summed E-state index contributed by atoms with van der Waals surface area (Å²) in [6.45, 7) is 0.0891. The van der Waals surface area contributed by atoms with E-state index >= 15 is 0 Å². The van der Waals surface area contributed by atoms with Gasteiger partial charge in [0, 0.05) is 11.6 Å². The van der Waals surface area contributed by atoms with E-state index in [0.717, 1.165) is 11.8 Å². The van der Waals surface area contributed by atoms with E-state index in [-0.39, 0.29) is 12.2 Å². The minimum Gasteiger partial charge on any atom is -0.497 e. The number of amides is 1. The van der Waals surface area contributed by atoms with Crippen LogP contribution in [0.5, 0.6) is 11.5 Å². The van der Waals surface area contributed by atoms with Crippen molar-refractivity contribution in [2.45, 2.75) is 12.6 Å². The van der Waals surface area contributed by atoms with Gasteiger partial charge in [-0.15, -0.1) is 0 Å². The van der Waals surface area contributed by atoms with Crippen molar-refractivity contribution in [2.75, 3.05) is 20.8 Å². The summed E-state index contributed by atoms with van der Waals surface area (Å²) in [5.41, 5.74) is -0.849. The van der Waals surface area contributed by atoms with E-state index in [1.807, 2.05) is 0 Å². The minimum absolute atomic E-state index is 0.0891. The summed E-state index contributed by atoms with van der Waals surface area (Å²) in [5, 5.41) is 6.66. The SMILES string of the molecule is COc1ccc(OC)c(CCNC(=O)c2cnn(-c3ccc(Cl)cc3)c2C(F)(F)F)c1. The lowest BCUT2D eigenvalue weighted by Crippen LogP contribution is -2.28. The van der Waals surface area contributed by atoms with Crippen LogP contribution in [0.2, 0.25) is 5.02 Å². The molecule has 1 aromatic heterocycles. The molecule has 31 heavy (non-hydrogen) atoms. The van der Waals surface area contributed by atoms with Gasteiger partial charge in [0.05, 0.1) is 31.7 Å². The van der Waals surface area contributed by atoms with Crippen LogP contribution in [0.3, 0.4) is 0 Å². The van der Waals surface area contributed by atoms with Gasteiger partial charge in [0.1, 0.15) is 11.5 Å². The second-order valence-corrected chi connectivity index (χ2v) is 6.91. The molecule has 164 valence electrons. The molecule has 0 unspecified atom stereocenters. The van der Waals surface area contributed by atoms with Crippen molar-refractivity contribution in [1.29, 1.82) is 0 Å². The highest BCUT2D eigenvalue weighted by Crippen LogP contribution is 2.34. The number of alkyl halides is 3. The Morgan fingerprint density at radius 1 is 1.13 bits per heavy atom. The fourth-order valence-electron chi connectivity index (χ4n) is 3.05. The number of carbonyl (C=O) groups is 1. The average molecular weight is 454 g/mol. The van der Waals surface area contributed by atoms with Crippen LogP contribution in [0, 0.1) is 0 Å². The molecule has 1 amide bonds. The quantitative estimate of drug-likeness (QED) is 0.570. The molecule has 0 saturated heterocycles. The Balaban J connectivity index is 1.80. The van der Waals surface area contributed by atoms with Crippen molar-refractivity contribution >= 4 is 17.5 Å². The number of methoxy groups -OCH3 is 2.